The zero-order valence-electron chi connectivity index (χ0n) is 19.4. The average molecular weight is 391 g/mol. The van der Waals surface area contributed by atoms with Crippen LogP contribution in [0.2, 0.25) is 0 Å². The summed E-state index contributed by atoms with van der Waals surface area (Å²) in [5.74, 6) is 2.00. The van der Waals surface area contributed by atoms with Crippen molar-refractivity contribution in [3.8, 4) is 5.75 Å². The summed E-state index contributed by atoms with van der Waals surface area (Å²) in [6, 6.07) is 8.68. The van der Waals surface area contributed by atoms with Gasteiger partial charge in [0.05, 0.1) is 6.10 Å². The Morgan fingerprint density at radius 1 is 0.964 bits per heavy atom. The molecular formula is C25H42O3. The van der Waals surface area contributed by atoms with Crippen LogP contribution in [0.5, 0.6) is 5.75 Å². The van der Waals surface area contributed by atoms with Crippen molar-refractivity contribution in [1.82, 2.24) is 0 Å². The lowest BCUT2D eigenvalue weighted by Crippen LogP contribution is -2.34. The van der Waals surface area contributed by atoms with Crippen LogP contribution in [-0.4, -0.2) is 25.6 Å². The number of benzene rings is 1. The van der Waals surface area contributed by atoms with Gasteiger partial charge in [-0.25, -0.2) is 0 Å². The van der Waals surface area contributed by atoms with Crippen LogP contribution in [0.15, 0.2) is 24.3 Å². The molecule has 0 saturated carbocycles. The molecule has 2 atom stereocenters. The van der Waals surface area contributed by atoms with Crippen molar-refractivity contribution >= 4 is 0 Å². The first kappa shape index (κ1) is 23.2. The largest absolute Gasteiger partial charge is 0.465 e. The standard InChI is InChI=1S/C25H42O3/c1-18(2)23(25(6,7)8)19-9-11-20(12-10-19)27-22(17-24(3,4)5)28-21-13-15-26-16-14-21/h9-12,18,21-23H,13-17H2,1-8H3. The van der Waals surface area contributed by atoms with E-state index in [2.05, 4.69) is 79.7 Å². The fraction of sp³-hybridized carbons (Fsp3) is 0.760. The number of hydrogen-bond acceptors (Lipinski definition) is 3. The maximum Gasteiger partial charge on any atom is 0.200 e. The summed E-state index contributed by atoms with van der Waals surface area (Å²) < 4.78 is 18.1. The molecule has 1 saturated heterocycles. The molecule has 0 N–H and O–H groups in total. The van der Waals surface area contributed by atoms with E-state index >= 15 is 0 Å². The molecule has 1 aromatic carbocycles. The Hall–Kier alpha value is -1.06. The molecule has 1 aromatic rings. The van der Waals surface area contributed by atoms with Gasteiger partial charge in [-0.1, -0.05) is 67.5 Å². The minimum absolute atomic E-state index is 0.144. The smallest absolute Gasteiger partial charge is 0.200 e. The highest BCUT2D eigenvalue weighted by Crippen LogP contribution is 2.41. The second kappa shape index (κ2) is 9.63. The quantitative estimate of drug-likeness (QED) is 0.479. The van der Waals surface area contributed by atoms with Crippen LogP contribution in [0.1, 0.15) is 86.1 Å². The minimum Gasteiger partial charge on any atom is -0.465 e. The molecule has 1 aliphatic rings. The molecule has 2 rings (SSSR count). The van der Waals surface area contributed by atoms with Gasteiger partial charge >= 0.3 is 0 Å². The Kier molecular flexibility index (Phi) is 7.98. The molecular weight excluding hydrogens is 348 g/mol. The number of ether oxygens (including phenoxy) is 3. The van der Waals surface area contributed by atoms with Crippen molar-refractivity contribution in [2.45, 2.75) is 93.0 Å². The summed E-state index contributed by atoms with van der Waals surface area (Å²) in [6.07, 6.45) is 2.77. The molecule has 3 heteroatoms. The van der Waals surface area contributed by atoms with E-state index < -0.39 is 0 Å². The number of rotatable bonds is 7. The molecule has 1 heterocycles. The van der Waals surface area contributed by atoms with E-state index in [1.807, 2.05) is 0 Å². The third kappa shape index (κ3) is 7.40. The van der Waals surface area contributed by atoms with Crippen LogP contribution >= 0.6 is 0 Å². The van der Waals surface area contributed by atoms with Crippen molar-refractivity contribution in [2.75, 3.05) is 13.2 Å². The molecule has 0 spiro atoms. The first-order chi connectivity index (χ1) is 13.0. The normalized spacial score (nSPS) is 18.9. The Labute approximate surface area is 173 Å². The molecule has 28 heavy (non-hydrogen) atoms. The molecule has 2 unspecified atom stereocenters. The van der Waals surface area contributed by atoms with E-state index in [-0.39, 0.29) is 23.2 Å². The third-order valence-electron chi connectivity index (χ3n) is 5.40. The Morgan fingerprint density at radius 2 is 1.54 bits per heavy atom. The maximum absolute atomic E-state index is 6.34. The zero-order chi connectivity index (χ0) is 20.9. The molecule has 0 aromatic heterocycles. The Bertz CT molecular complexity index is 571. The molecule has 0 aliphatic carbocycles. The molecule has 0 radical (unpaired) electrons. The lowest BCUT2D eigenvalue weighted by atomic mass is 9.70. The highest BCUT2D eigenvalue weighted by molar-refractivity contribution is 5.30. The van der Waals surface area contributed by atoms with Crippen LogP contribution in [0.25, 0.3) is 0 Å². The van der Waals surface area contributed by atoms with Gasteiger partial charge in [0.2, 0.25) is 6.29 Å². The first-order valence-electron chi connectivity index (χ1n) is 11.0. The van der Waals surface area contributed by atoms with Crippen LogP contribution in [0, 0.1) is 16.7 Å². The van der Waals surface area contributed by atoms with Gasteiger partial charge in [0.25, 0.3) is 0 Å². The van der Waals surface area contributed by atoms with Crippen molar-refractivity contribution in [3.63, 3.8) is 0 Å². The fourth-order valence-electron chi connectivity index (χ4n) is 4.43. The van der Waals surface area contributed by atoms with Gasteiger partial charge in [-0.2, -0.15) is 0 Å². The second-order valence-corrected chi connectivity index (χ2v) is 10.9. The van der Waals surface area contributed by atoms with Gasteiger partial charge in [-0.15, -0.1) is 0 Å². The highest BCUT2D eigenvalue weighted by atomic mass is 16.7. The topological polar surface area (TPSA) is 27.7 Å². The Balaban J connectivity index is 2.10. The summed E-state index contributed by atoms with van der Waals surface area (Å²) >= 11 is 0. The summed E-state index contributed by atoms with van der Waals surface area (Å²) in [7, 11) is 0. The highest BCUT2D eigenvalue weighted by Gasteiger charge is 2.29. The summed E-state index contributed by atoms with van der Waals surface area (Å²) in [4.78, 5) is 0. The average Bonchev–Trinajstić information content (AvgIpc) is 2.54. The maximum atomic E-state index is 6.34. The van der Waals surface area contributed by atoms with Crippen molar-refractivity contribution in [2.24, 2.45) is 16.7 Å². The lowest BCUT2D eigenvalue weighted by molar-refractivity contribution is -0.155. The monoisotopic (exact) mass is 390 g/mol. The van der Waals surface area contributed by atoms with Gasteiger partial charge in [-0.3, -0.25) is 0 Å². The molecule has 0 amide bonds. The van der Waals surface area contributed by atoms with Crippen molar-refractivity contribution in [1.29, 1.82) is 0 Å². The van der Waals surface area contributed by atoms with E-state index in [1.54, 1.807) is 0 Å². The molecule has 1 aliphatic heterocycles. The number of hydrogen-bond donors (Lipinski definition) is 0. The van der Waals surface area contributed by atoms with Gasteiger partial charge in [0.15, 0.2) is 0 Å². The van der Waals surface area contributed by atoms with Gasteiger partial charge in [0, 0.05) is 19.6 Å². The van der Waals surface area contributed by atoms with Crippen LogP contribution in [0.4, 0.5) is 0 Å². The summed E-state index contributed by atoms with van der Waals surface area (Å²) in [5, 5.41) is 0. The fourth-order valence-corrected chi connectivity index (χ4v) is 4.43. The molecule has 0 bridgehead atoms. The van der Waals surface area contributed by atoms with Crippen LogP contribution in [0.3, 0.4) is 0 Å². The SMILES string of the molecule is CC(C)C(c1ccc(OC(CC(C)(C)C)OC2CCOCC2)cc1)C(C)(C)C. The van der Waals surface area contributed by atoms with E-state index in [0.29, 0.717) is 11.8 Å². The van der Waals surface area contributed by atoms with Gasteiger partial charge < -0.3 is 14.2 Å². The minimum atomic E-state index is -0.225. The Morgan fingerprint density at radius 3 is 2.00 bits per heavy atom. The van der Waals surface area contributed by atoms with E-state index in [0.717, 1.165) is 38.2 Å². The van der Waals surface area contributed by atoms with Crippen molar-refractivity contribution in [3.05, 3.63) is 29.8 Å². The van der Waals surface area contributed by atoms with Gasteiger partial charge in [-0.05, 0) is 53.2 Å². The zero-order valence-corrected chi connectivity index (χ0v) is 19.4. The van der Waals surface area contributed by atoms with E-state index in [9.17, 15) is 0 Å². The lowest BCUT2D eigenvalue weighted by Gasteiger charge is -2.35. The van der Waals surface area contributed by atoms with Crippen LogP contribution < -0.4 is 4.74 Å². The third-order valence-corrected chi connectivity index (χ3v) is 5.40. The summed E-state index contributed by atoms with van der Waals surface area (Å²) in [6.45, 7) is 19.8. The van der Waals surface area contributed by atoms with E-state index in [4.69, 9.17) is 14.2 Å². The first-order valence-corrected chi connectivity index (χ1v) is 11.0. The van der Waals surface area contributed by atoms with Gasteiger partial charge in [0.1, 0.15) is 5.75 Å². The molecule has 1 fully saturated rings. The molecule has 160 valence electrons. The van der Waals surface area contributed by atoms with Crippen molar-refractivity contribution < 1.29 is 14.2 Å². The predicted octanol–water partition coefficient (Wildman–Crippen LogP) is 6.81. The molecule has 3 nitrogen and oxygen atoms in total. The summed E-state index contributed by atoms with van der Waals surface area (Å²) in [5.41, 5.74) is 1.76. The predicted molar refractivity (Wildman–Crippen MR) is 117 cm³/mol. The second-order valence-electron chi connectivity index (χ2n) is 10.9. The van der Waals surface area contributed by atoms with E-state index in [1.165, 1.54) is 5.56 Å². The van der Waals surface area contributed by atoms with Crippen LogP contribution in [-0.2, 0) is 9.47 Å².